The van der Waals surface area contributed by atoms with E-state index in [9.17, 15) is 0 Å². The second-order valence-corrected chi connectivity index (χ2v) is 4.47. The molecule has 1 heterocycles. The number of nitriles is 1. The molecule has 0 aliphatic rings. The largest absolute Gasteiger partial charge is 0.495 e. The van der Waals surface area contributed by atoms with Crippen molar-refractivity contribution in [1.82, 2.24) is 9.97 Å². The van der Waals surface area contributed by atoms with Gasteiger partial charge in [0.25, 0.3) is 0 Å². The zero-order chi connectivity index (χ0) is 12.8. The van der Waals surface area contributed by atoms with Crippen LogP contribution in [0.1, 0.15) is 11.1 Å². The maximum atomic E-state index is 8.89. The quantitative estimate of drug-likeness (QED) is 0.788. The van der Waals surface area contributed by atoms with E-state index < -0.39 is 0 Å². The third kappa shape index (κ3) is 2.99. The summed E-state index contributed by atoms with van der Waals surface area (Å²) in [6.07, 6.45) is 5.04. The number of aromatic nitrogens is 2. The SMILES string of the molecule is COc1cc(CSc2cnccn2)ccc1C#N. The molecule has 0 saturated heterocycles. The summed E-state index contributed by atoms with van der Waals surface area (Å²) in [5.74, 6) is 1.37. The van der Waals surface area contributed by atoms with Crippen LogP contribution in [-0.2, 0) is 5.75 Å². The fourth-order valence-electron chi connectivity index (χ4n) is 1.44. The second kappa shape index (κ2) is 6.03. The lowest BCUT2D eigenvalue weighted by Gasteiger charge is -2.05. The predicted molar refractivity (Wildman–Crippen MR) is 69.3 cm³/mol. The number of hydrogen-bond acceptors (Lipinski definition) is 5. The van der Waals surface area contributed by atoms with Crippen molar-refractivity contribution in [3.8, 4) is 11.8 Å². The van der Waals surface area contributed by atoms with Gasteiger partial charge in [-0.15, -0.1) is 11.8 Å². The van der Waals surface area contributed by atoms with Crippen LogP contribution in [0.15, 0.2) is 41.8 Å². The summed E-state index contributed by atoms with van der Waals surface area (Å²) < 4.78 is 5.17. The Bertz CT molecular complexity index is 566. The highest BCUT2D eigenvalue weighted by molar-refractivity contribution is 7.98. The minimum atomic E-state index is 0.547. The van der Waals surface area contributed by atoms with Crippen LogP contribution in [0.25, 0.3) is 0 Å². The molecule has 0 atom stereocenters. The van der Waals surface area contributed by atoms with Gasteiger partial charge in [-0.2, -0.15) is 5.26 Å². The van der Waals surface area contributed by atoms with Crippen molar-refractivity contribution in [1.29, 1.82) is 5.26 Å². The maximum Gasteiger partial charge on any atom is 0.136 e. The molecule has 5 heteroatoms. The molecule has 2 rings (SSSR count). The van der Waals surface area contributed by atoms with E-state index in [1.54, 1.807) is 43.5 Å². The molecule has 4 nitrogen and oxygen atoms in total. The summed E-state index contributed by atoms with van der Waals surface area (Å²) in [7, 11) is 1.57. The van der Waals surface area contributed by atoms with Gasteiger partial charge >= 0.3 is 0 Å². The molecule has 1 aromatic carbocycles. The summed E-state index contributed by atoms with van der Waals surface area (Å²) in [4.78, 5) is 8.19. The van der Waals surface area contributed by atoms with Crippen molar-refractivity contribution < 1.29 is 4.74 Å². The highest BCUT2D eigenvalue weighted by Gasteiger charge is 2.04. The molecule has 0 aliphatic carbocycles. The van der Waals surface area contributed by atoms with Crippen molar-refractivity contribution in [2.45, 2.75) is 10.8 Å². The number of benzene rings is 1. The Hall–Kier alpha value is -2.06. The van der Waals surface area contributed by atoms with Crippen LogP contribution in [0.4, 0.5) is 0 Å². The number of ether oxygens (including phenoxy) is 1. The standard InChI is InChI=1S/C13H11N3OS/c1-17-12-6-10(2-3-11(12)7-14)9-18-13-8-15-4-5-16-13/h2-6,8H,9H2,1H3. The van der Waals surface area contributed by atoms with E-state index in [2.05, 4.69) is 16.0 Å². The number of rotatable bonds is 4. The minimum Gasteiger partial charge on any atom is -0.495 e. The van der Waals surface area contributed by atoms with E-state index in [4.69, 9.17) is 10.00 Å². The van der Waals surface area contributed by atoms with E-state index in [0.717, 1.165) is 16.3 Å². The molecule has 90 valence electrons. The first-order valence-corrected chi connectivity index (χ1v) is 6.28. The summed E-state index contributed by atoms with van der Waals surface area (Å²) in [6.45, 7) is 0. The van der Waals surface area contributed by atoms with Gasteiger partial charge in [0.1, 0.15) is 16.8 Å². The van der Waals surface area contributed by atoms with Crippen LogP contribution >= 0.6 is 11.8 Å². The molecule has 1 aromatic heterocycles. The van der Waals surface area contributed by atoms with E-state index in [1.807, 2.05) is 12.1 Å². The summed E-state index contributed by atoms with van der Waals surface area (Å²) in [5, 5.41) is 9.77. The average molecular weight is 257 g/mol. The molecule has 0 unspecified atom stereocenters. The van der Waals surface area contributed by atoms with Crippen LogP contribution in [0.5, 0.6) is 5.75 Å². The van der Waals surface area contributed by atoms with Gasteiger partial charge in [-0.25, -0.2) is 4.98 Å². The average Bonchev–Trinajstić information content (AvgIpc) is 2.45. The van der Waals surface area contributed by atoms with Crippen molar-refractivity contribution in [3.63, 3.8) is 0 Å². The summed E-state index contributed by atoms with van der Waals surface area (Å²) in [5.41, 5.74) is 1.63. The lowest BCUT2D eigenvalue weighted by atomic mass is 10.1. The molecule has 0 aliphatic heterocycles. The molecule has 0 saturated carbocycles. The van der Waals surface area contributed by atoms with Gasteiger partial charge in [-0.1, -0.05) is 6.07 Å². The molecule has 2 aromatic rings. The molecule has 0 N–H and O–H groups in total. The van der Waals surface area contributed by atoms with Gasteiger partial charge in [0, 0.05) is 18.1 Å². The minimum absolute atomic E-state index is 0.547. The first-order valence-electron chi connectivity index (χ1n) is 5.29. The highest BCUT2D eigenvalue weighted by Crippen LogP contribution is 2.24. The number of thioether (sulfide) groups is 1. The van der Waals surface area contributed by atoms with E-state index >= 15 is 0 Å². The van der Waals surface area contributed by atoms with E-state index in [-0.39, 0.29) is 0 Å². The Kier molecular flexibility index (Phi) is 4.15. The van der Waals surface area contributed by atoms with Crippen LogP contribution < -0.4 is 4.74 Å². The smallest absolute Gasteiger partial charge is 0.136 e. The molecule has 18 heavy (non-hydrogen) atoms. The van der Waals surface area contributed by atoms with Gasteiger partial charge in [0.15, 0.2) is 0 Å². The molecule has 0 spiro atoms. The zero-order valence-electron chi connectivity index (χ0n) is 9.83. The van der Waals surface area contributed by atoms with Crippen LogP contribution in [0, 0.1) is 11.3 Å². The van der Waals surface area contributed by atoms with Gasteiger partial charge in [-0.3, -0.25) is 4.98 Å². The summed E-state index contributed by atoms with van der Waals surface area (Å²) >= 11 is 1.59. The maximum absolute atomic E-state index is 8.89. The van der Waals surface area contributed by atoms with Crippen LogP contribution in [-0.4, -0.2) is 17.1 Å². The number of hydrogen-bond donors (Lipinski definition) is 0. The number of nitrogens with zero attached hydrogens (tertiary/aromatic N) is 3. The third-order valence-corrected chi connectivity index (χ3v) is 3.30. The zero-order valence-corrected chi connectivity index (χ0v) is 10.6. The monoisotopic (exact) mass is 257 g/mol. The summed E-state index contributed by atoms with van der Waals surface area (Å²) in [6, 6.07) is 7.66. The first-order chi connectivity index (χ1) is 8.83. The predicted octanol–water partition coefficient (Wildman–Crippen LogP) is 2.65. The van der Waals surface area contributed by atoms with Gasteiger partial charge in [-0.05, 0) is 17.7 Å². The Morgan fingerprint density at radius 2 is 2.28 bits per heavy atom. The molecular formula is C13H11N3OS. The van der Waals surface area contributed by atoms with Crippen molar-refractivity contribution in [2.75, 3.05) is 7.11 Å². The van der Waals surface area contributed by atoms with Gasteiger partial charge in [0.05, 0.1) is 18.9 Å². The fourth-order valence-corrected chi connectivity index (χ4v) is 2.20. The number of methoxy groups -OCH3 is 1. The second-order valence-electron chi connectivity index (χ2n) is 3.48. The van der Waals surface area contributed by atoms with Gasteiger partial charge < -0.3 is 4.74 Å². The fraction of sp³-hybridized carbons (Fsp3) is 0.154. The molecular weight excluding hydrogens is 246 g/mol. The van der Waals surface area contributed by atoms with Crippen molar-refractivity contribution in [3.05, 3.63) is 47.9 Å². The Balaban J connectivity index is 2.09. The lowest BCUT2D eigenvalue weighted by molar-refractivity contribution is 0.413. The van der Waals surface area contributed by atoms with Crippen molar-refractivity contribution >= 4 is 11.8 Å². The third-order valence-electron chi connectivity index (χ3n) is 2.31. The van der Waals surface area contributed by atoms with E-state index in [0.29, 0.717) is 11.3 Å². The molecule has 0 radical (unpaired) electrons. The molecule has 0 amide bonds. The molecule has 0 fully saturated rings. The molecule has 0 bridgehead atoms. The first kappa shape index (κ1) is 12.4. The van der Waals surface area contributed by atoms with E-state index in [1.165, 1.54) is 0 Å². The van der Waals surface area contributed by atoms with Gasteiger partial charge in [0.2, 0.25) is 0 Å². The Labute approximate surface area is 110 Å². The Morgan fingerprint density at radius 3 is 2.94 bits per heavy atom. The van der Waals surface area contributed by atoms with Crippen LogP contribution in [0.2, 0.25) is 0 Å². The Morgan fingerprint density at radius 1 is 1.39 bits per heavy atom. The normalized spacial score (nSPS) is 9.78. The topological polar surface area (TPSA) is 58.8 Å². The highest BCUT2D eigenvalue weighted by atomic mass is 32.2. The van der Waals surface area contributed by atoms with Crippen molar-refractivity contribution in [2.24, 2.45) is 0 Å². The lowest BCUT2D eigenvalue weighted by Crippen LogP contribution is -1.90. The van der Waals surface area contributed by atoms with Crippen LogP contribution in [0.3, 0.4) is 0 Å².